The average Bonchev–Trinajstić information content (AvgIpc) is 3.30. The van der Waals surface area contributed by atoms with E-state index in [0.29, 0.717) is 12.8 Å². The van der Waals surface area contributed by atoms with Crippen LogP contribution in [0.2, 0.25) is 0 Å². The zero-order valence-corrected chi connectivity index (χ0v) is 21.2. The summed E-state index contributed by atoms with van der Waals surface area (Å²) in [7, 11) is 1.38. The molecule has 2 aliphatic carbocycles. The fraction of sp³-hybridized carbons (Fsp3) is 0.741. The molecule has 1 spiro atoms. The van der Waals surface area contributed by atoms with Crippen molar-refractivity contribution in [2.45, 2.75) is 89.8 Å². The zero-order valence-electron chi connectivity index (χ0n) is 21.2. The van der Waals surface area contributed by atoms with Crippen LogP contribution in [0, 0.1) is 28.1 Å². The maximum Gasteiger partial charge on any atom is 0.339 e. The Bertz CT molecular complexity index is 1110. The van der Waals surface area contributed by atoms with Crippen LogP contribution in [0.1, 0.15) is 72.0 Å². The Morgan fingerprint density at radius 1 is 1.09 bits per heavy atom. The maximum atomic E-state index is 14.2. The molecule has 35 heavy (non-hydrogen) atoms. The number of ether oxygens (including phenoxy) is 4. The summed E-state index contributed by atoms with van der Waals surface area (Å²) in [6.07, 6.45) is 3.31. The Kier molecular flexibility index (Phi) is 4.49. The van der Waals surface area contributed by atoms with Crippen molar-refractivity contribution in [3.8, 4) is 0 Å². The molecule has 1 unspecified atom stereocenters. The molecule has 8 nitrogen and oxygen atoms in total. The van der Waals surface area contributed by atoms with Crippen molar-refractivity contribution < 1.29 is 37.7 Å². The van der Waals surface area contributed by atoms with Crippen LogP contribution in [0.5, 0.6) is 0 Å². The number of Topliss-reactive ketones (excluding diaryl/α,β-unsaturated/α-hetero) is 1. The summed E-state index contributed by atoms with van der Waals surface area (Å²) in [5.41, 5.74) is -2.79. The van der Waals surface area contributed by atoms with Gasteiger partial charge in [-0.15, -0.1) is 0 Å². The molecule has 0 N–H and O–H groups in total. The van der Waals surface area contributed by atoms with Crippen molar-refractivity contribution in [1.82, 2.24) is 0 Å². The molecular weight excluding hydrogens is 452 g/mol. The van der Waals surface area contributed by atoms with Crippen molar-refractivity contribution in [3.63, 3.8) is 0 Å². The molecule has 4 heterocycles. The number of epoxide rings is 1. The molecule has 0 amide bonds. The van der Waals surface area contributed by atoms with Crippen molar-refractivity contribution in [3.05, 3.63) is 24.2 Å². The standard InChI is InChI=1S/C27H34O8/c1-23(2)16-11-17(28)26(5)15(25(16,4)18(34-23)12-19(29)31-6)7-9-24(3)20(14-8-10-32-13-14)33-22(30)21-27(24,26)35-21/h8,10,13,15-16,18,20-21H,7,9,11-12H2,1-6H3/t15-,16?,18-,20+,21-,24+,25-,26+,27-/m0/s1. The first-order valence-electron chi connectivity index (χ1n) is 12.6. The zero-order chi connectivity index (χ0) is 25.2. The van der Waals surface area contributed by atoms with Gasteiger partial charge in [0.1, 0.15) is 17.5 Å². The minimum atomic E-state index is -0.978. The molecule has 0 bridgehead atoms. The highest BCUT2D eigenvalue weighted by molar-refractivity contribution is 5.93. The first kappa shape index (κ1) is 23.2. The van der Waals surface area contributed by atoms with Gasteiger partial charge in [-0.05, 0) is 45.6 Å². The summed E-state index contributed by atoms with van der Waals surface area (Å²) >= 11 is 0. The molecule has 0 radical (unpaired) electrons. The Labute approximate surface area is 205 Å². The van der Waals surface area contributed by atoms with Crippen molar-refractivity contribution in [1.29, 1.82) is 0 Å². The molecule has 6 rings (SSSR count). The fourth-order valence-corrected chi connectivity index (χ4v) is 9.17. The van der Waals surface area contributed by atoms with Crippen LogP contribution in [0.25, 0.3) is 0 Å². The minimum absolute atomic E-state index is 0.0617. The predicted molar refractivity (Wildman–Crippen MR) is 121 cm³/mol. The lowest BCUT2D eigenvalue weighted by Crippen LogP contribution is -2.71. The highest BCUT2D eigenvalue weighted by Gasteiger charge is 2.89. The predicted octanol–water partition coefficient (Wildman–Crippen LogP) is 3.77. The van der Waals surface area contributed by atoms with Crippen LogP contribution in [-0.4, -0.2) is 48.2 Å². The highest BCUT2D eigenvalue weighted by Crippen LogP contribution is 2.79. The second-order valence-electron chi connectivity index (χ2n) is 12.4. The van der Waals surface area contributed by atoms with E-state index >= 15 is 0 Å². The third-order valence-electron chi connectivity index (χ3n) is 10.8. The Balaban J connectivity index is 1.49. The van der Waals surface area contributed by atoms with E-state index in [1.165, 1.54) is 7.11 Å². The molecule has 8 heteroatoms. The van der Waals surface area contributed by atoms with E-state index in [2.05, 4.69) is 13.8 Å². The van der Waals surface area contributed by atoms with Crippen LogP contribution >= 0.6 is 0 Å². The molecule has 0 aromatic carbocycles. The molecule has 1 aromatic rings. The van der Waals surface area contributed by atoms with E-state index in [1.54, 1.807) is 12.5 Å². The number of ketones is 1. The van der Waals surface area contributed by atoms with Gasteiger partial charge in [-0.1, -0.05) is 13.8 Å². The van der Waals surface area contributed by atoms with E-state index in [-0.39, 0.29) is 30.0 Å². The molecule has 9 atom stereocenters. The first-order valence-corrected chi connectivity index (χ1v) is 12.6. The van der Waals surface area contributed by atoms with Crippen LogP contribution in [-0.2, 0) is 33.3 Å². The number of furan rings is 1. The summed E-state index contributed by atoms with van der Waals surface area (Å²) in [6.45, 7) is 10.3. The highest BCUT2D eigenvalue weighted by atomic mass is 16.7. The van der Waals surface area contributed by atoms with E-state index < -0.39 is 51.7 Å². The summed E-state index contributed by atoms with van der Waals surface area (Å²) in [5, 5.41) is 0. The second-order valence-corrected chi connectivity index (χ2v) is 12.4. The van der Waals surface area contributed by atoms with E-state index in [9.17, 15) is 14.4 Å². The topological polar surface area (TPSA) is 105 Å². The van der Waals surface area contributed by atoms with E-state index in [0.717, 1.165) is 12.0 Å². The smallest absolute Gasteiger partial charge is 0.339 e. The largest absolute Gasteiger partial charge is 0.472 e. The third kappa shape index (κ3) is 2.48. The van der Waals surface area contributed by atoms with Gasteiger partial charge in [0.2, 0.25) is 0 Å². The van der Waals surface area contributed by atoms with Gasteiger partial charge in [0.15, 0.2) is 6.10 Å². The third-order valence-corrected chi connectivity index (χ3v) is 10.8. The molecule has 3 saturated heterocycles. The van der Waals surface area contributed by atoms with Crippen LogP contribution in [0.15, 0.2) is 23.0 Å². The number of methoxy groups -OCH3 is 1. The van der Waals surface area contributed by atoms with Crippen molar-refractivity contribution in [2.24, 2.45) is 28.1 Å². The van der Waals surface area contributed by atoms with Gasteiger partial charge >= 0.3 is 11.9 Å². The van der Waals surface area contributed by atoms with Gasteiger partial charge in [-0.3, -0.25) is 9.59 Å². The Morgan fingerprint density at radius 3 is 2.49 bits per heavy atom. The number of cyclic esters (lactones) is 1. The number of esters is 2. The van der Waals surface area contributed by atoms with Gasteiger partial charge < -0.3 is 23.4 Å². The molecule has 190 valence electrons. The van der Waals surface area contributed by atoms with E-state index in [1.807, 2.05) is 26.8 Å². The summed E-state index contributed by atoms with van der Waals surface area (Å²) in [5.74, 6) is -0.842. The molecule has 2 saturated carbocycles. The lowest BCUT2D eigenvalue weighted by Gasteiger charge is -2.64. The fourth-order valence-electron chi connectivity index (χ4n) is 9.17. The minimum Gasteiger partial charge on any atom is -0.472 e. The molecule has 3 aliphatic heterocycles. The number of rotatable bonds is 3. The number of hydrogen-bond acceptors (Lipinski definition) is 8. The maximum absolute atomic E-state index is 14.2. The van der Waals surface area contributed by atoms with Crippen LogP contribution in [0.4, 0.5) is 0 Å². The quantitative estimate of drug-likeness (QED) is 0.470. The number of fused-ring (bicyclic) bond motifs is 3. The normalized spacial score (nSPS) is 49.3. The van der Waals surface area contributed by atoms with Crippen LogP contribution in [0.3, 0.4) is 0 Å². The van der Waals surface area contributed by atoms with Gasteiger partial charge in [-0.25, -0.2) is 4.79 Å². The number of hydrogen-bond donors (Lipinski definition) is 0. The van der Waals surface area contributed by atoms with E-state index in [4.69, 9.17) is 23.4 Å². The lowest BCUT2D eigenvalue weighted by molar-refractivity contribution is -0.211. The monoisotopic (exact) mass is 486 g/mol. The lowest BCUT2D eigenvalue weighted by atomic mass is 9.37. The molecule has 1 aromatic heterocycles. The summed E-state index contributed by atoms with van der Waals surface area (Å²) in [6, 6.07) is 1.81. The van der Waals surface area contributed by atoms with Gasteiger partial charge in [0.25, 0.3) is 0 Å². The SMILES string of the molecule is COC(=O)C[C@@H]1OC(C)(C)C2CC(=O)[C@@]3(C)[C@@H](CC[C@]4(C)[C@@H](c5ccoc5)OC(=O)[C@@H]5O[C@]534)[C@@]21C. The van der Waals surface area contributed by atoms with Crippen molar-refractivity contribution in [2.75, 3.05) is 7.11 Å². The van der Waals surface area contributed by atoms with Gasteiger partial charge in [0, 0.05) is 28.7 Å². The molecular formula is C27H34O8. The number of carbonyl (C=O) groups excluding carboxylic acids is 3. The van der Waals surface area contributed by atoms with Crippen molar-refractivity contribution >= 4 is 17.7 Å². The summed E-state index contributed by atoms with van der Waals surface area (Å²) in [4.78, 5) is 39.8. The Morgan fingerprint density at radius 2 is 1.83 bits per heavy atom. The summed E-state index contributed by atoms with van der Waals surface area (Å²) < 4.78 is 29.2. The first-order chi connectivity index (χ1) is 16.4. The molecule has 5 fully saturated rings. The van der Waals surface area contributed by atoms with Gasteiger partial charge in [-0.2, -0.15) is 0 Å². The number of carbonyl (C=O) groups is 3. The second kappa shape index (κ2) is 6.76. The van der Waals surface area contributed by atoms with Crippen LogP contribution < -0.4 is 0 Å². The molecule has 5 aliphatic rings. The average molecular weight is 487 g/mol. The Hall–Kier alpha value is -2.19. The van der Waals surface area contributed by atoms with Gasteiger partial charge in [0.05, 0.1) is 43.2 Å².